The van der Waals surface area contributed by atoms with E-state index < -0.39 is 0 Å². The van der Waals surface area contributed by atoms with Gasteiger partial charge in [-0.1, -0.05) is 50.5 Å². The number of aliphatic hydroxyl groups excluding tert-OH is 1. The zero-order valence-corrected chi connectivity index (χ0v) is 14.7. The van der Waals surface area contributed by atoms with Crippen LogP contribution in [0.15, 0.2) is 60.7 Å². The normalized spacial score (nSPS) is 12.2. The van der Waals surface area contributed by atoms with E-state index in [1.807, 2.05) is 60.7 Å². The molecule has 0 radical (unpaired) electrons. The van der Waals surface area contributed by atoms with Gasteiger partial charge in [0.05, 0.1) is 11.6 Å². The maximum Gasteiger partial charge on any atom is 0.136 e. The monoisotopic (exact) mass is 335 g/mol. The molecule has 0 amide bonds. The predicted octanol–water partition coefficient (Wildman–Crippen LogP) is 5.51. The Bertz CT molecular complexity index is 801. The summed E-state index contributed by atoms with van der Waals surface area (Å²) in [7, 11) is 0. The third-order valence-electron chi connectivity index (χ3n) is 4.31. The van der Waals surface area contributed by atoms with Gasteiger partial charge in [0.1, 0.15) is 11.5 Å². The highest BCUT2D eigenvalue weighted by molar-refractivity contribution is 5.85. The highest BCUT2D eigenvalue weighted by atomic mass is 16.5. The van der Waals surface area contributed by atoms with Gasteiger partial charge in [0, 0.05) is 17.5 Å². The average molecular weight is 335 g/mol. The number of rotatable bonds is 8. The molecule has 2 aromatic carbocycles. The minimum atomic E-state index is -0.319. The smallest absolute Gasteiger partial charge is 0.136 e. The van der Waals surface area contributed by atoms with Crippen LogP contribution >= 0.6 is 0 Å². The summed E-state index contributed by atoms with van der Waals surface area (Å²) in [5.41, 5.74) is 1.82. The minimum absolute atomic E-state index is 0.319. The lowest BCUT2D eigenvalue weighted by molar-refractivity contribution is 0.160. The number of hydrogen-bond donors (Lipinski definition) is 1. The molecule has 0 bridgehead atoms. The van der Waals surface area contributed by atoms with Crippen molar-refractivity contribution in [2.75, 3.05) is 0 Å². The number of hydrogen-bond acceptors (Lipinski definition) is 3. The summed E-state index contributed by atoms with van der Waals surface area (Å²) in [4.78, 5) is 4.71. The summed E-state index contributed by atoms with van der Waals surface area (Å²) >= 11 is 0. The molecule has 3 aromatic rings. The standard InChI is InChI=1S/C22H25NO2/c1-2-3-5-9-18(24)16-17-14-15-20-21(23-17)12-8-13-22(20)25-19-10-6-4-7-11-19/h4,6-8,10-15,18,24H,2-3,5,9,16H2,1H3. The molecule has 1 unspecified atom stereocenters. The van der Waals surface area contributed by atoms with Gasteiger partial charge >= 0.3 is 0 Å². The van der Waals surface area contributed by atoms with Gasteiger partial charge in [-0.25, -0.2) is 0 Å². The Morgan fingerprint density at radius 1 is 0.960 bits per heavy atom. The van der Waals surface area contributed by atoms with Crippen LogP contribution in [0.4, 0.5) is 0 Å². The highest BCUT2D eigenvalue weighted by Gasteiger charge is 2.09. The van der Waals surface area contributed by atoms with E-state index in [4.69, 9.17) is 9.72 Å². The molecule has 3 heteroatoms. The average Bonchev–Trinajstić information content (AvgIpc) is 2.63. The molecular formula is C22H25NO2. The predicted molar refractivity (Wildman–Crippen MR) is 102 cm³/mol. The fourth-order valence-corrected chi connectivity index (χ4v) is 2.96. The number of para-hydroxylation sites is 1. The summed E-state index contributed by atoms with van der Waals surface area (Å²) < 4.78 is 5.99. The Balaban J connectivity index is 1.75. The summed E-state index contributed by atoms with van der Waals surface area (Å²) in [6.07, 6.45) is 4.53. The van der Waals surface area contributed by atoms with Crippen LogP contribution in [0.3, 0.4) is 0 Å². The lowest BCUT2D eigenvalue weighted by Crippen LogP contribution is -2.11. The Kier molecular flexibility index (Phi) is 6.02. The van der Waals surface area contributed by atoms with E-state index in [0.29, 0.717) is 6.42 Å². The molecule has 3 rings (SSSR count). The molecule has 1 heterocycles. The molecule has 0 aliphatic heterocycles. The molecule has 0 aliphatic carbocycles. The summed E-state index contributed by atoms with van der Waals surface area (Å²) in [5.74, 6) is 1.61. The largest absolute Gasteiger partial charge is 0.457 e. The number of pyridine rings is 1. The number of benzene rings is 2. The maximum absolute atomic E-state index is 10.2. The topological polar surface area (TPSA) is 42.4 Å². The summed E-state index contributed by atoms with van der Waals surface area (Å²) in [6.45, 7) is 2.17. The molecule has 1 atom stereocenters. The highest BCUT2D eigenvalue weighted by Crippen LogP contribution is 2.29. The second kappa shape index (κ2) is 8.63. The Labute approximate surface area is 149 Å². The molecule has 130 valence electrons. The van der Waals surface area contributed by atoms with E-state index in [0.717, 1.165) is 40.9 Å². The fraction of sp³-hybridized carbons (Fsp3) is 0.318. The molecule has 3 nitrogen and oxygen atoms in total. The van der Waals surface area contributed by atoms with E-state index in [1.54, 1.807) is 0 Å². The first-order valence-electron chi connectivity index (χ1n) is 9.06. The van der Waals surface area contributed by atoms with E-state index >= 15 is 0 Å². The van der Waals surface area contributed by atoms with Crippen LogP contribution in [0, 0.1) is 0 Å². The summed E-state index contributed by atoms with van der Waals surface area (Å²) in [5, 5.41) is 11.2. The Morgan fingerprint density at radius 2 is 1.80 bits per heavy atom. The van der Waals surface area contributed by atoms with Gasteiger partial charge in [-0.3, -0.25) is 4.98 Å². The summed E-state index contributed by atoms with van der Waals surface area (Å²) in [6, 6.07) is 19.7. The van der Waals surface area contributed by atoms with Gasteiger partial charge in [-0.2, -0.15) is 0 Å². The zero-order valence-electron chi connectivity index (χ0n) is 14.7. The Hall–Kier alpha value is -2.39. The molecular weight excluding hydrogens is 310 g/mol. The molecule has 1 N–H and O–H groups in total. The van der Waals surface area contributed by atoms with Crippen LogP contribution in [-0.4, -0.2) is 16.2 Å². The molecule has 1 aromatic heterocycles. The second-order valence-corrected chi connectivity index (χ2v) is 6.39. The number of aliphatic hydroxyl groups is 1. The number of nitrogens with zero attached hydrogens (tertiary/aromatic N) is 1. The number of aromatic nitrogens is 1. The van der Waals surface area contributed by atoms with Crippen molar-refractivity contribution in [3.05, 3.63) is 66.4 Å². The molecule has 25 heavy (non-hydrogen) atoms. The second-order valence-electron chi connectivity index (χ2n) is 6.39. The lowest BCUT2D eigenvalue weighted by Gasteiger charge is -2.12. The quantitative estimate of drug-likeness (QED) is 0.552. The van der Waals surface area contributed by atoms with Gasteiger partial charge in [0.2, 0.25) is 0 Å². The van der Waals surface area contributed by atoms with Crippen molar-refractivity contribution in [2.45, 2.75) is 45.1 Å². The number of fused-ring (bicyclic) bond motifs is 1. The van der Waals surface area contributed by atoms with Gasteiger partial charge < -0.3 is 9.84 Å². The first-order chi connectivity index (χ1) is 12.3. The van der Waals surface area contributed by atoms with Gasteiger partial charge in [-0.15, -0.1) is 0 Å². The lowest BCUT2D eigenvalue weighted by atomic mass is 10.1. The Morgan fingerprint density at radius 3 is 2.60 bits per heavy atom. The van der Waals surface area contributed by atoms with Crippen LogP contribution in [0.5, 0.6) is 11.5 Å². The third kappa shape index (κ3) is 4.80. The van der Waals surface area contributed by atoms with Crippen molar-refractivity contribution in [3.63, 3.8) is 0 Å². The van der Waals surface area contributed by atoms with Crippen LogP contribution in [0.25, 0.3) is 10.9 Å². The van der Waals surface area contributed by atoms with Gasteiger partial charge in [0.15, 0.2) is 0 Å². The van der Waals surface area contributed by atoms with E-state index in [9.17, 15) is 5.11 Å². The maximum atomic E-state index is 10.2. The SMILES string of the molecule is CCCCCC(O)Cc1ccc2c(Oc3ccccc3)cccc2n1. The van der Waals surface area contributed by atoms with Crippen molar-refractivity contribution in [2.24, 2.45) is 0 Å². The van der Waals surface area contributed by atoms with Crippen molar-refractivity contribution >= 4 is 10.9 Å². The first kappa shape index (κ1) is 17.4. The van der Waals surface area contributed by atoms with Gasteiger partial charge in [0.25, 0.3) is 0 Å². The van der Waals surface area contributed by atoms with Gasteiger partial charge in [-0.05, 0) is 42.8 Å². The van der Waals surface area contributed by atoms with Crippen molar-refractivity contribution in [1.29, 1.82) is 0 Å². The van der Waals surface area contributed by atoms with Crippen LogP contribution in [-0.2, 0) is 6.42 Å². The van der Waals surface area contributed by atoms with Crippen molar-refractivity contribution in [1.82, 2.24) is 4.98 Å². The molecule has 0 aliphatic rings. The molecule has 0 saturated carbocycles. The van der Waals surface area contributed by atoms with Crippen molar-refractivity contribution < 1.29 is 9.84 Å². The van der Waals surface area contributed by atoms with E-state index in [2.05, 4.69) is 6.92 Å². The van der Waals surface area contributed by atoms with E-state index in [-0.39, 0.29) is 6.10 Å². The fourth-order valence-electron chi connectivity index (χ4n) is 2.96. The zero-order chi connectivity index (χ0) is 17.5. The minimum Gasteiger partial charge on any atom is -0.457 e. The van der Waals surface area contributed by atoms with Crippen LogP contribution < -0.4 is 4.74 Å². The molecule has 0 fully saturated rings. The molecule has 0 spiro atoms. The van der Waals surface area contributed by atoms with Crippen LogP contribution in [0.2, 0.25) is 0 Å². The van der Waals surface area contributed by atoms with E-state index in [1.165, 1.54) is 12.8 Å². The number of ether oxygens (including phenoxy) is 1. The van der Waals surface area contributed by atoms with Crippen LogP contribution in [0.1, 0.15) is 38.3 Å². The van der Waals surface area contributed by atoms with Crippen molar-refractivity contribution in [3.8, 4) is 11.5 Å². The third-order valence-corrected chi connectivity index (χ3v) is 4.31. The number of unbranched alkanes of at least 4 members (excludes halogenated alkanes) is 2. The first-order valence-corrected chi connectivity index (χ1v) is 9.06. The molecule has 0 saturated heterocycles.